The van der Waals surface area contributed by atoms with Crippen LogP contribution in [0.1, 0.15) is 28.4 Å². The van der Waals surface area contributed by atoms with Crippen molar-refractivity contribution < 1.29 is 22.7 Å². The van der Waals surface area contributed by atoms with Gasteiger partial charge < -0.3 is 10.1 Å². The highest BCUT2D eigenvalue weighted by molar-refractivity contribution is 7.92. The Hall–Kier alpha value is -4.16. The molecule has 0 fully saturated rings. The average molecular weight is 464 g/mol. The first-order valence-electron chi connectivity index (χ1n) is 9.90. The minimum Gasteiger partial charge on any atom is -0.449 e. The van der Waals surface area contributed by atoms with E-state index >= 15 is 0 Å². The van der Waals surface area contributed by atoms with E-state index in [1.807, 2.05) is 19.1 Å². The topological polar surface area (TPSA) is 125 Å². The van der Waals surface area contributed by atoms with Gasteiger partial charge in [0, 0.05) is 5.69 Å². The maximum absolute atomic E-state index is 12.7. The molecular formula is C24H21N3O5S. The maximum atomic E-state index is 12.7. The first-order valence-corrected chi connectivity index (χ1v) is 11.4. The molecule has 0 aromatic heterocycles. The molecule has 1 atom stereocenters. The molecule has 1 unspecified atom stereocenters. The maximum Gasteiger partial charge on any atom is 0.338 e. The van der Waals surface area contributed by atoms with Gasteiger partial charge in [0.25, 0.3) is 15.9 Å². The van der Waals surface area contributed by atoms with Gasteiger partial charge in [-0.05, 0) is 61.9 Å². The fourth-order valence-electron chi connectivity index (χ4n) is 2.92. The number of esters is 1. The van der Waals surface area contributed by atoms with Crippen LogP contribution in [-0.2, 0) is 19.6 Å². The van der Waals surface area contributed by atoms with Crippen molar-refractivity contribution in [2.75, 3.05) is 10.0 Å². The predicted molar refractivity (Wildman–Crippen MR) is 123 cm³/mol. The number of nitrogens with one attached hydrogen (secondary N) is 2. The van der Waals surface area contributed by atoms with Crippen molar-refractivity contribution in [3.8, 4) is 6.07 Å². The monoisotopic (exact) mass is 463 g/mol. The summed E-state index contributed by atoms with van der Waals surface area (Å²) in [6.07, 6.45) is -1.19. The molecule has 8 nitrogen and oxygen atoms in total. The number of nitrogens with zero attached hydrogens (tertiary/aromatic N) is 1. The van der Waals surface area contributed by atoms with Crippen molar-refractivity contribution >= 4 is 33.3 Å². The van der Waals surface area contributed by atoms with Crippen molar-refractivity contribution in [3.05, 3.63) is 89.5 Å². The van der Waals surface area contributed by atoms with Crippen LogP contribution in [-0.4, -0.2) is 26.4 Å². The average Bonchev–Trinajstić information content (AvgIpc) is 2.79. The second-order valence-corrected chi connectivity index (χ2v) is 8.88. The summed E-state index contributed by atoms with van der Waals surface area (Å²) < 4.78 is 33.1. The van der Waals surface area contributed by atoms with Crippen LogP contribution in [0.4, 0.5) is 11.4 Å². The zero-order chi connectivity index (χ0) is 24.0. The number of carbonyl (C=O) groups is 2. The normalized spacial score (nSPS) is 11.7. The van der Waals surface area contributed by atoms with Gasteiger partial charge in [-0.2, -0.15) is 5.26 Å². The third-order valence-corrected chi connectivity index (χ3v) is 5.99. The fourth-order valence-corrected chi connectivity index (χ4v) is 4.01. The zero-order valence-corrected chi connectivity index (χ0v) is 18.7. The first kappa shape index (κ1) is 23.5. The molecule has 9 heteroatoms. The first-order chi connectivity index (χ1) is 15.7. The molecule has 0 spiro atoms. The Morgan fingerprint density at radius 1 is 1.00 bits per heavy atom. The largest absolute Gasteiger partial charge is 0.449 e. The number of sulfonamides is 1. The summed E-state index contributed by atoms with van der Waals surface area (Å²) >= 11 is 0. The number of hydrogen-bond acceptors (Lipinski definition) is 6. The van der Waals surface area contributed by atoms with Crippen LogP contribution in [0.3, 0.4) is 0 Å². The number of carbonyl (C=O) groups excluding carboxylic acids is 2. The SMILES string of the molecule is Cc1cccc(NS(=O)(=O)c2cccc(C(=O)OC(C)C(=O)Nc3ccccc3C#N)c2)c1. The van der Waals surface area contributed by atoms with E-state index in [4.69, 9.17) is 10.00 Å². The molecule has 3 aromatic carbocycles. The van der Waals surface area contributed by atoms with E-state index in [1.54, 1.807) is 42.5 Å². The molecule has 3 aromatic rings. The Labute approximate surface area is 191 Å². The lowest BCUT2D eigenvalue weighted by atomic mass is 10.2. The highest BCUT2D eigenvalue weighted by Crippen LogP contribution is 2.19. The third kappa shape index (κ3) is 5.96. The lowest BCUT2D eigenvalue weighted by Gasteiger charge is -2.15. The number of para-hydroxylation sites is 1. The second kappa shape index (κ2) is 9.97. The number of rotatable bonds is 7. The predicted octanol–water partition coefficient (Wildman–Crippen LogP) is 3.85. The fraction of sp³-hybridized carbons (Fsp3) is 0.125. The van der Waals surface area contributed by atoms with Crippen LogP contribution < -0.4 is 10.0 Å². The molecule has 0 aliphatic rings. The molecule has 0 saturated carbocycles. The summed E-state index contributed by atoms with van der Waals surface area (Å²) in [6.45, 7) is 3.22. The van der Waals surface area contributed by atoms with Crippen molar-refractivity contribution in [1.29, 1.82) is 5.26 Å². The van der Waals surface area contributed by atoms with E-state index in [0.29, 0.717) is 11.4 Å². The summed E-state index contributed by atoms with van der Waals surface area (Å²) in [7, 11) is -3.95. The van der Waals surface area contributed by atoms with Gasteiger partial charge in [-0.15, -0.1) is 0 Å². The Morgan fingerprint density at radius 3 is 2.45 bits per heavy atom. The van der Waals surface area contributed by atoms with E-state index in [0.717, 1.165) is 5.56 Å². The molecule has 0 aliphatic heterocycles. The Kier molecular flexibility index (Phi) is 7.10. The lowest BCUT2D eigenvalue weighted by Crippen LogP contribution is -2.30. The van der Waals surface area contributed by atoms with Crippen LogP contribution in [0.15, 0.2) is 77.7 Å². The molecule has 2 N–H and O–H groups in total. The van der Waals surface area contributed by atoms with E-state index in [2.05, 4.69) is 10.0 Å². The molecule has 0 aliphatic carbocycles. The number of anilines is 2. The molecule has 1 amide bonds. The van der Waals surface area contributed by atoms with E-state index in [9.17, 15) is 18.0 Å². The molecule has 33 heavy (non-hydrogen) atoms. The molecular weight excluding hydrogens is 442 g/mol. The standard InChI is InChI=1S/C24H21N3O5S/c1-16-7-5-10-20(13-16)27-33(30,31)21-11-6-9-18(14-21)24(29)32-17(2)23(28)26-22-12-4-3-8-19(22)15-25/h3-14,17,27H,1-2H3,(H,26,28). The Morgan fingerprint density at radius 2 is 1.73 bits per heavy atom. The number of hydrogen-bond donors (Lipinski definition) is 2. The lowest BCUT2D eigenvalue weighted by molar-refractivity contribution is -0.123. The summed E-state index contributed by atoms with van der Waals surface area (Å²) in [5, 5.41) is 11.7. The van der Waals surface area contributed by atoms with Crippen LogP contribution in [0.25, 0.3) is 0 Å². The number of ether oxygens (including phenoxy) is 1. The smallest absolute Gasteiger partial charge is 0.338 e. The minimum atomic E-state index is -3.95. The van der Waals surface area contributed by atoms with Gasteiger partial charge in [0.05, 0.1) is 21.7 Å². The van der Waals surface area contributed by atoms with E-state index < -0.39 is 28.0 Å². The highest BCUT2D eigenvalue weighted by atomic mass is 32.2. The van der Waals surface area contributed by atoms with Crippen molar-refractivity contribution in [3.63, 3.8) is 0 Å². The van der Waals surface area contributed by atoms with Crippen molar-refractivity contribution in [2.24, 2.45) is 0 Å². The van der Waals surface area contributed by atoms with Crippen molar-refractivity contribution in [1.82, 2.24) is 0 Å². The molecule has 0 radical (unpaired) electrons. The van der Waals surface area contributed by atoms with Gasteiger partial charge >= 0.3 is 5.97 Å². The summed E-state index contributed by atoms with van der Waals surface area (Å²) in [5.74, 6) is -1.49. The van der Waals surface area contributed by atoms with Crippen LogP contribution in [0, 0.1) is 18.3 Å². The second-order valence-electron chi connectivity index (χ2n) is 7.20. The van der Waals surface area contributed by atoms with Gasteiger partial charge in [0.15, 0.2) is 6.10 Å². The highest BCUT2D eigenvalue weighted by Gasteiger charge is 2.22. The zero-order valence-electron chi connectivity index (χ0n) is 17.9. The number of amides is 1. The van der Waals surface area contributed by atoms with Gasteiger partial charge in [-0.3, -0.25) is 9.52 Å². The van der Waals surface area contributed by atoms with Crippen LogP contribution in [0.2, 0.25) is 0 Å². The molecule has 0 heterocycles. The summed E-state index contributed by atoms with van der Waals surface area (Å²) in [6, 6.07) is 20.6. The van der Waals surface area contributed by atoms with E-state index in [-0.39, 0.29) is 16.0 Å². The van der Waals surface area contributed by atoms with Gasteiger partial charge in [-0.25, -0.2) is 13.2 Å². The summed E-state index contributed by atoms with van der Waals surface area (Å²) in [4.78, 5) is 24.8. The number of aryl methyl sites for hydroxylation is 1. The van der Waals surface area contributed by atoms with E-state index in [1.165, 1.54) is 31.2 Å². The molecule has 3 rings (SSSR count). The van der Waals surface area contributed by atoms with Crippen molar-refractivity contribution in [2.45, 2.75) is 24.8 Å². The molecule has 0 saturated heterocycles. The number of benzene rings is 3. The van der Waals surface area contributed by atoms with Crippen LogP contribution in [0.5, 0.6) is 0 Å². The molecule has 0 bridgehead atoms. The molecule has 168 valence electrons. The van der Waals surface area contributed by atoms with Crippen LogP contribution >= 0.6 is 0 Å². The third-order valence-electron chi connectivity index (χ3n) is 4.61. The quantitative estimate of drug-likeness (QED) is 0.513. The minimum absolute atomic E-state index is 0.0285. The van der Waals surface area contributed by atoms with Gasteiger partial charge in [-0.1, -0.05) is 30.3 Å². The van der Waals surface area contributed by atoms with Gasteiger partial charge in [0.2, 0.25) is 0 Å². The number of nitriles is 1. The summed E-state index contributed by atoms with van der Waals surface area (Å²) in [5.41, 5.74) is 1.81. The Balaban J connectivity index is 1.71. The van der Waals surface area contributed by atoms with Gasteiger partial charge in [0.1, 0.15) is 6.07 Å². The Bertz CT molecular complexity index is 1350.